The number of hydrogen-bond donors (Lipinski definition) is 0. The maximum Gasteiger partial charge on any atom is 0.144 e. The normalized spacial score (nSPS) is 13.4. The third kappa shape index (κ3) is 3.50. The summed E-state index contributed by atoms with van der Waals surface area (Å²) in [4.78, 5) is 10.5. The molecule has 1 atom stereocenters. The molecule has 0 aromatic carbocycles. The van der Waals surface area contributed by atoms with E-state index in [1.54, 1.807) is 18.7 Å². The van der Waals surface area contributed by atoms with Crippen molar-refractivity contribution < 1.29 is 4.79 Å². The van der Waals surface area contributed by atoms with Crippen molar-refractivity contribution in [2.24, 2.45) is 0 Å². The summed E-state index contributed by atoms with van der Waals surface area (Å²) in [6.07, 6.45) is 1.98. The van der Waals surface area contributed by atoms with Gasteiger partial charge in [-0.15, -0.1) is 0 Å². The Bertz CT molecular complexity index is 84.5. The molecule has 0 fully saturated rings. The summed E-state index contributed by atoms with van der Waals surface area (Å²) in [6.45, 7) is 1.59. The highest BCUT2D eigenvalue weighted by Gasteiger charge is 2.06. The van der Waals surface area contributed by atoms with Gasteiger partial charge in [0.25, 0.3) is 0 Å². The molecule has 0 aliphatic carbocycles. The molecular formula is C5H9BrOS. The molecule has 0 aliphatic rings. The minimum absolute atomic E-state index is 0.0532. The first-order chi connectivity index (χ1) is 3.68. The van der Waals surface area contributed by atoms with Gasteiger partial charge >= 0.3 is 0 Å². The maximum absolute atomic E-state index is 10.5. The largest absolute Gasteiger partial charge is 0.299 e. The van der Waals surface area contributed by atoms with E-state index < -0.39 is 0 Å². The molecule has 8 heavy (non-hydrogen) atoms. The van der Waals surface area contributed by atoms with E-state index in [-0.39, 0.29) is 10.6 Å². The molecule has 0 saturated heterocycles. The molecule has 48 valence electrons. The molecule has 1 nitrogen and oxygen atoms in total. The first-order valence-electron chi connectivity index (χ1n) is 2.32. The Balaban J connectivity index is 3.32. The monoisotopic (exact) mass is 196 g/mol. The zero-order chi connectivity index (χ0) is 6.57. The third-order valence-corrected chi connectivity index (χ3v) is 2.82. The van der Waals surface area contributed by atoms with Gasteiger partial charge in [0.1, 0.15) is 5.78 Å². The van der Waals surface area contributed by atoms with Crippen LogP contribution in [0.2, 0.25) is 0 Å². The zero-order valence-corrected chi connectivity index (χ0v) is 7.38. The van der Waals surface area contributed by atoms with Gasteiger partial charge in [-0.05, 0) is 13.2 Å². The standard InChI is InChI=1S/C5H9BrOS/c1-4(7)5(6)3-8-2/h5H,3H2,1-2H3. The van der Waals surface area contributed by atoms with Crippen LogP contribution in [0.3, 0.4) is 0 Å². The summed E-state index contributed by atoms with van der Waals surface area (Å²) in [5.74, 6) is 1.08. The summed E-state index contributed by atoms with van der Waals surface area (Å²) >= 11 is 4.90. The van der Waals surface area contributed by atoms with Crippen LogP contribution in [-0.2, 0) is 4.79 Å². The Kier molecular flexibility index (Phi) is 4.66. The molecule has 0 heterocycles. The van der Waals surface area contributed by atoms with Crippen LogP contribution in [-0.4, -0.2) is 22.6 Å². The Morgan fingerprint density at radius 2 is 2.38 bits per heavy atom. The van der Waals surface area contributed by atoms with Crippen molar-refractivity contribution >= 4 is 33.5 Å². The van der Waals surface area contributed by atoms with Gasteiger partial charge in [-0.2, -0.15) is 11.8 Å². The Morgan fingerprint density at radius 1 is 1.88 bits per heavy atom. The SMILES string of the molecule is CSCC(Br)C(C)=O. The maximum atomic E-state index is 10.5. The Morgan fingerprint density at radius 3 is 2.50 bits per heavy atom. The van der Waals surface area contributed by atoms with E-state index in [2.05, 4.69) is 15.9 Å². The number of thioether (sulfide) groups is 1. The van der Waals surface area contributed by atoms with Gasteiger partial charge in [0, 0.05) is 5.75 Å². The lowest BCUT2D eigenvalue weighted by atomic mass is 10.3. The Hall–Kier alpha value is 0.500. The first-order valence-corrected chi connectivity index (χ1v) is 4.63. The smallest absolute Gasteiger partial charge is 0.144 e. The molecule has 0 rings (SSSR count). The summed E-state index contributed by atoms with van der Waals surface area (Å²) in [7, 11) is 0. The lowest BCUT2D eigenvalue weighted by Gasteiger charge is -1.99. The minimum Gasteiger partial charge on any atom is -0.299 e. The second-order valence-corrected chi connectivity index (χ2v) is 3.55. The number of rotatable bonds is 3. The molecule has 0 amide bonds. The number of alkyl halides is 1. The van der Waals surface area contributed by atoms with Crippen LogP contribution in [0.15, 0.2) is 0 Å². The highest BCUT2D eigenvalue weighted by molar-refractivity contribution is 9.10. The van der Waals surface area contributed by atoms with E-state index in [1.807, 2.05) is 6.26 Å². The Labute approximate surface area is 62.4 Å². The molecule has 3 heteroatoms. The lowest BCUT2D eigenvalue weighted by molar-refractivity contribution is -0.116. The fraction of sp³-hybridized carbons (Fsp3) is 0.800. The first kappa shape index (κ1) is 8.50. The van der Waals surface area contributed by atoms with Gasteiger partial charge in [-0.25, -0.2) is 0 Å². The quantitative estimate of drug-likeness (QED) is 0.640. The van der Waals surface area contributed by atoms with Crippen LogP contribution in [0.5, 0.6) is 0 Å². The number of ketones is 1. The van der Waals surface area contributed by atoms with E-state index in [9.17, 15) is 4.79 Å². The summed E-state index contributed by atoms with van der Waals surface area (Å²) in [5.41, 5.74) is 0. The summed E-state index contributed by atoms with van der Waals surface area (Å²) in [5, 5.41) is 0. The van der Waals surface area contributed by atoms with Crippen molar-refractivity contribution in [1.82, 2.24) is 0 Å². The minimum atomic E-state index is 0.0532. The predicted molar refractivity (Wildman–Crippen MR) is 41.8 cm³/mol. The predicted octanol–water partition coefficient (Wildman–Crippen LogP) is 1.70. The van der Waals surface area contributed by atoms with Gasteiger partial charge in [0.15, 0.2) is 0 Å². The van der Waals surface area contributed by atoms with Crippen molar-refractivity contribution in [3.63, 3.8) is 0 Å². The third-order valence-electron chi connectivity index (χ3n) is 0.754. The molecule has 0 aromatic heterocycles. The number of carbonyl (C=O) groups excluding carboxylic acids is 1. The number of halogens is 1. The van der Waals surface area contributed by atoms with Crippen molar-refractivity contribution in [3.05, 3.63) is 0 Å². The highest BCUT2D eigenvalue weighted by Crippen LogP contribution is 2.06. The molecule has 0 bridgehead atoms. The van der Waals surface area contributed by atoms with Gasteiger partial charge < -0.3 is 0 Å². The number of hydrogen-bond acceptors (Lipinski definition) is 2. The average molecular weight is 197 g/mol. The van der Waals surface area contributed by atoms with Crippen LogP contribution in [0.25, 0.3) is 0 Å². The van der Waals surface area contributed by atoms with Crippen molar-refractivity contribution in [2.45, 2.75) is 11.8 Å². The van der Waals surface area contributed by atoms with Crippen LogP contribution >= 0.6 is 27.7 Å². The van der Waals surface area contributed by atoms with E-state index >= 15 is 0 Å². The topological polar surface area (TPSA) is 17.1 Å². The van der Waals surface area contributed by atoms with Crippen LogP contribution in [0.1, 0.15) is 6.92 Å². The fourth-order valence-electron chi connectivity index (χ4n) is 0.264. The molecular weight excluding hydrogens is 188 g/mol. The average Bonchev–Trinajstić information content (AvgIpc) is 1.67. The van der Waals surface area contributed by atoms with Gasteiger partial charge in [0.05, 0.1) is 4.83 Å². The molecule has 1 unspecified atom stereocenters. The van der Waals surface area contributed by atoms with E-state index in [0.29, 0.717) is 0 Å². The van der Waals surface area contributed by atoms with Crippen molar-refractivity contribution in [3.8, 4) is 0 Å². The van der Waals surface area contributed by atoms with Crippen LogP contribution in [0, 0.1) is 0 Å². The van der Waals surface area contributed by atoms with Crippen LogP contribution < -0.4 is 0 Å². The second-order valence-electron chi connectivity index (χ2n) is 1.53. The van der Waals surface area contributed by atoms with E-state index in [4.69, 9.17) is 0 Å². The molecule has 0 N–H and O–H groups in total. The lowest BCUT2D eigenvalue weighted by Crippen LogP contribution is -2.11. The van der Waals surface area contributed by atoms with Crippen molar-refractivity contribution in [2.75, 3.05) is 12.0 Å². The van der Waals surface area contributed by atoms with Crippen molar-refractivity contribution in [1.29, 1.82) is 0 Å². The van der Waals surface area contributed by atoms with Gasteiger partial charge in [-0.1, -0.05) is 15.9 Å². The zero-order valence-electron chi connectivity index (χ0n) is 4.98. The summed E-state index contributed by atoms with van der Waals surface area (Å²) < 4.78 is 0. The second kappa shape index (κ2) is 4.39. The van der Waals surface area contributed by atoms with Gasteiger partial charge in [-0.3, -0.25) is 4.79 Å². The van der Waals surface area contributed by atoms with Crippen LogP contribution in [0.4, 0.5) is 0 Å². The molecule has 0 spiro atoms. The molecule has 0 aromatic rings. The van der Waals surface area contributed by atoms with E-state index in [0.717, 1.165) is 5.75 Å². The highest BCUT2D eigenvalue weighted by atomic mass is 79.9. The molecule has 0 radical (unpaired) electrons. The molecule has 0 aliphatic heterocycles. The summed E-state index contributed by atoms with van der Waals surface area (Å²) in [6, 6.07) is 0. The van der Waals surface area contributed by atoms with Gasteiger partial charge in [0.2, 0.25) is 0 Å². The molecule has 0 saturated carbocycles. The number of carbonyl (C=O) groups is 1. The fourth-order valence-corrected chi connectivity index (χ4v) is 1.58. The number of Topliss-reactive ketones (excluding diaryl/α,β-unsaturated/α-hetero) is 1. The van der Waals surface area contributed by atoms with E-state index in [1.165, 1.54) is 0 Å².